The smallest absolute Gasteiger partial charge is 0.0166 e. The van der Waals surface area contributed by atoms with E-state index in [-0.39, 0.29) is 0 Å². The maximum Gasteiger partial charge on any atom is 0.0166 e. The van der Waals surface area contributed by atoms with Gasteiger partial charge in [0.15, 0.2) is 0 Å². The van der Waals surface area contributed by atoms with Crippen LogP contribution in [0.25, 0.3) is 0 Å². The minimum atomic E-state index is 0.366. The third kappa shape index (κ3) is 4.40. The van der Waals surface area contributed by atoms with E-state index in [1.807, 2.05) is 0 Å². The average Bonchev–Trinajstić information content (AvgIpc) is 3.09. The average molecular weight is 250 g/mol. The Kier molecular flexibility index (Phi) is 4.50. The molecule has 0 saturated heterocycles. The third-order valence-electron chi connectivity index (χ3n) is 4.16. The van der Waals surface area contributed by atoms with Gasteiger partial charge >= 0.3 is 0 Å². The van der Waals surface area contributed by atoms with Crippen LogP contribution in [0.4, 0.5) is 0 Å². The summed E-state index contributed by atoms with van der Waals surface area (Å²) in [6.07, 6.45) is 6.51. The molecule has 0 spiro atoms. The van der Waals surface area contributed by atoms with Gasteiger partial charge in [0.2, 0.25) is 0 Å². The lowest BCUT2D eigenvalue weighted by molar-refractivity contribution is 0.240. The fourth-order valence-corrected chi connectivity index (χ4v) is 2.72. The van der Waals surface area contributed by atoms with Crippen molar-refractivity contribution in [2.24, 2.45) is 11.3 Å². The standard InChI is InChI=1S/C16H30N2/c1-13(11-17-15-5-6-15)12-18-9-7-14(8-10-18)16(2,3)4/h7,13,15,17H,5-6,8-12H2,1-4H3. The van der Waals surface area contributed by atoms with Gasteiger partial charge in [-0.1, -0.05) is 39.3 Å². The molecule has 18 heavy (non-hydrogen) atoms. The van der Waals surface area contributed by atoms with Crippen LogP contribution in [0.5, 0.6) is 0 Å². The summed E-state index contributed by atoms with van der Waals surface area (Å²) in [5.74, 6) is 0.773. The van der Waals surface area contributed by atoms with Crippen LogP contribution in [-0.2, 0) is 0 Å². The summed E-state index contributed by atoms with van der Waals surface area (Å²) in [5, 5.41) is 3.64. The molecule has 2 rings (SSSR count). The van der Waals surface area contributed by atoms with Gasteiger partial charge in [-0.3, -0.25) is 4.90 Å². The largest absolute Gasteiger partial charge is 0.314 e. The molecule has 1 aliphatic carbocycles. The first-order valence-corrected chi connectivity index (χ1v) is 7.60. The normalized spacial score (nSPS) is 23.9. The van der Waals surface area contributed by atoms with Crippen molar-refractivity contribution < 1.29 is 0 Å². The van der Waals surface area contributed by atoms with E-state index < -0.39 is 0 Å². The van der Waals surface area contributed by atoms with Gasteiger partial charge in [0.05, 0.1) is 0 Å². The van der Waals surface area contributed by atoms with Crippen molar-refractivity contribution in [1.29, 1.82) is 0 Å². The topological polar surface area (TPSA) is 15.3 Å². The fourth-order valence-electron chi connectivity index (χ4n) is 2.72. The number of hydrogen-bond acceptors (Lipinski definition) is 2. The van der Waals surface area contributed by atoms with Gasteiger partial charge in [-0.15, -0.1) is 0 Å². The molecule has 2 nitrogen and oxygen atoms in total. The van der Waals surface area contributed by atoms with Crippen molar-refractivity contribution in [2.75, 3.05) is 26.2 Å². The molecule has 0 amide bonds. The van der Waals surface area contributed by atoms with Gasteiger partial charge < -0.3 is 5.32 Å². The van der Waals surface area contributed by atoms with E-state index in [1.54, 1.807) is 5.57 Å². The predicted molar refractivity (Wildman–Crippen MR) is 78.8 cm³/mol. The first kappa shape index (κ1) is 14.1. The molecular formula is C16H30N2. The Morgan fingerprint density at radius 3 is 2.61 bits per heavy atom. The first-order chi connectivity index (χ1) is 8.45. The van der Waals surface area contributed by atoms with Gasteiger partial charge in [0.25, 0.3) is 0 Å². The predicted octanol–water partition coefficient (Wildman–Crippen LogP) is 3.05. The molecule has 104 valence electrons. The number of nitrogens with zero attached hydrogens (tertiary/aromatic N) is 1. The summed E-state index contributed by atoms with van der Waals surface area (Å²) in [4.78, 5) is 2.61. The summed E-state index contributed by atoms with van der Waals surface area (Å²) in [6.45, 7) is 14.2. The quantitative estimate of drug-likeness (QED) is 0.755. The molecule has 0 aromatic rings. The maximum atomic E-state index is 3.64. The number of rotatable bonds is 5. The second-order valence-electron chi connectivity index (χ2n) is 7.28. The van der Waals surface area contributed by atoms with Crippen LogP contribution in [0, 0.1) is 11.3 Å². The van der Waals surface area contributed by atoms with E-state index >= 15 is 0 Å². The van der Waals surface area contributed by atoms with Crippen molar-refractivity contribution in [2.45, 2.75) is 53.0 Å². The molecule has 2 heteroatoms. The lowest BCUT2D eigenvalue weighted by Crippen LogP contribution is -2.37. The maximum absolute atomic E-state index is 3.64. The zero-order valence-electron chi connectivity index (χ0n) is 12.6. The molecule has 1 aliphatic heterocycles. The zero-order valence-corrected chi connectivity index (χ0v) is 12.6. The molecule has 0 radical (unpaired) electrons. The Morgan fingerprint density at radius 2 is 2.11 bits per heavy atom. The second kappa shape index (κ2) is 5.75. The van der Waals surface area contributed by atoms with Crippen LogP contribution in [0.1, 0.15) is 47.0 Å². The van der Waals surface area contributed by atoms with Crippen LogP contribution < -0.4 is 5.32 Å². The van der Waals surface area contributed by atoms with Gasteiger partial charge in [-0.05, 0) is 37.1 Å². The molecule has 1 atom stereocenters. The number of hydrogen-bond donors (Lipinski definition) is 1. The Bertz CT molecular complexity index is 297. The fraction of sp³-hybridized carbons (Fsp3) is 0.875. The summed E-state index contributed by atoms with van der Waals surface area (Å²) in [6, 6.07) is 0.848. The molecule has 0 aromatic heterocycles. The summed E-state index contributed by atoms with van der Waals surface area (Å²) >= 11 is 0. The highest BCUT2D eigenvalue weighted by molar-refractivity contribution is 5.14. The Balaban J connectivity index is 1.70. The van der Waals surface area contributed by atoms with E-state index in [9.17, 15) is 0 Å². The molecule has 1 saturated carbocycles. The highest BCUT2D eigenvalue weighted by atomic mass is 15.1. The Labute approximate surface area is 113 Å². The minimum Gasteiger partial charge on any atom is -0.314 e. The van der Waals surface area contributed by atoms with Crippen molar-refractivity contribution in [3.63, 3.8) is 0 Å². The van der Waals surface area contributed by atoms with Crippen molar-refractivity contribution in [1.82, 2.24) is 10.2 Å². The molecule has 1 N–H and O–H groups in total. The SMILES string of the molecule is CC(CNC1CC1)CN1CC=C(C(C)(C)C)CC1. The van der Waals surface area contributed by atoms with Crippen LogP contribution in [-0.4, -0.2) is 37.1 Å². The second-order valence-corrected chi connectivity index (χ2v) is 7.28. The lowest BCUT2D eigenvalue weighted by atomic mass is 9.83. The molecule has 0 aromatic carbocycles. The lowest BCUT2D eigenvalue weighted by Gasteiger charge is -2.33. The van der Waals surface area contributed by atoms with Crippen LogP contribution in [0.3, 0.4) is 0 Å². The van der Waals surface area contributed by atoms with E-state index in [4.69, 9.17) is 0 Å². The van der Waals surface area contributed by atoms with E-state index in [0.717, 1.165) is 18.5 Å². The Morgan fingerprint density at radius 1 is 1.39 bits per heavy atom. The van der Waals surface area contributed by atoms with Crippen molar-refractivity contribution in [3.05, 3.63) is 11.6 Å². The van der Waals surface area contributed by atoms with E-state index in [2.05, 4.69) is 44.0 Å². The van der Waals surface area contributed by atoms with Crippen LogP contribution >= 0.6 is 0 Å². The zero-order chi connectivity index (χ0) is 13.2. The summed E-state index contributed by atoms with van der Waals surface area (Å²) in [5.41, 5.74) is 2.01. The first-order valence-electron chi connectivity index (χ1n) is 7.60. The van der Waals surface area contributed by atoms with Crippen LogP contribution in [0.2, 0.25) is 0 Å². The monoisotopic (exact) mass is 250 g/mol. The Hall–Kier alpha value is -0.340. The van der Waals surface area contributed by atoms with Crippen molar-refractivity contribution in [3.8, 4) is 0 Å². The van der Waals surface area contributed by atoms with E-state index in [1.165, 1.54) is 38.9 Å². The number of nitrogens with one attached hydrogen (secondary N) is 1. The van der Waals surface area contributed by atoms with Gasteiger partial charge in [0.1, 0.15) is 0 Å². The molecule has 0 bridgehead atoms. The molecule has 1 fully saturated rings. The molecule has 2 aliphatic rings. The summed E-state index contributed by atoms with van der Waals surface area (Å²) in [7, 11) is 0. The van der Waals surface area contributed by atoms with Gasteiger partial charge in [-0.2, -0.15) is 0 Å². The van der Waals surface area contributed by atoms with Gasteiger partial charge in [0, 0.05) is 25.7 Å². The van der Waals surface area contributed by atoms with Crippen LogP contribution in [0.15, 0.2) is 11.6 Å². The van der Waals surface area contributed by atoms with E-state index in [0.29, 0.717) is 5.41 Å². The highest BCUT2D eigenvalue weighted by Crippen LogP contribution is 2.30. The third-order valence-corrected chi connectivity index (χ3v) is 4.16. The highest BCUT2D eigenvalue weighted by Gasteiger charge is 2.23. The minimum absolute atomic E-state index is 0.366. The molecular weight excluding hydrogens is 220 g/mol. The summed E-state index contributed by atoms with van der Waals surface area (Å²) < 4.78 is 0. The molecule has 1 heterocycles. The van der Waals surface area contributed by atoms with Crippen molar-refractivity contribution >= 4 is 0 Å². The molecule has 1 unspecified atom stereocenters. The van der Waals surface area contributed by atoms with Gasteiger partial charge in [-0.25, -0.2) is 0 Å².